The molecule has 0 amide bonds. The molecular formula is C8H15N. The summed E-state index contributed by atoms with van der Waals surface area (Å²) < 4.78 is 0. The van der Waals surface area contributed by atoms with Gasteiger partial charge in [0.05, 0.1) is 0 Å². The first-order valence-electron chi connectivity index (χ1n) is 3.44. The number of rotatable bonds is 0. The van der Waals surface area contributed by atoms with Crippen LogP contribution in [0.3, 0.4) is 0 Å². The minimum absolute atomic E-state index is 0.404. The van der Waals surface area contributed by atoms with Crippen LogP contribution in [-0.2, 0) is 0 Å². The summed E-state index contributed by atoms with van der Waals surface area (Å²) in [6, 6.07) is 0.657. The highest BCUT2D eigenvalue weighted by Gasteiger charge is 2.31. The highest BCUT2D eigenvalue weighted by molar-refractivity contribution is 5.10. The van der Waals surface area contributed by atoms with Gasteiger partial charge in [0.25, 0.3) is 0 Å². The van der Waals surface area contributed by atoms with E-state index in [-0.39, 0.29) is 0 Å². The molecule has 0 spiro atoms. The van der Waals surface area contributed by atoms with Crippen LogP contribution in [0.15, 0.2) is 12.3 Å². The summed E-state index contributed by atoms with van der Waals surface area (Å²) >= 11 is 0. The van der Waals surface area contributed by atoms with E-state index in [4.69, 9.17) is 0 Å². The Morgan fingerprint density at radius 3 is 2.11 bits per heavy atom. The summed E-state index contributed by atoms with van der Waals surface area (Å²) in [4.78, 5) is 0. The Labute approximate surface area is 57.1 Å². The molecule has 52 valence electrons. The molecule has 1 heterocycles. The molecule has 0 aromatic carbocycles. The van der Waals surface area contributed by atoms with Crippen molar-refractivity contribution < 1.29 is 0 Å². The summed E-state index contributed by atoms with van der Waals surface area (Å²) in [5.41, 5.74) is 1.59. The fourth-order valence-electron chi connectivity index (χ4n) is 0.994. The number of hydrogen-bond acceptors (Lipinski definition) is 1. The molecule has 0 aromatic heterocycles. The zero-order valence-corrected chi connectivity index (χ0v) is 6.49. The van der Waals surface area contributed by atoms with E-state index >= 15 is 0 Å². The van der Waals surface area contributed by atoms with Gasteiger partial charge < -0.3 is 5.32 Å². The Hall–Kier alpha value is -0.460. The van der Waals surface area contributed by atoms with Crippen LogP contribution >= 0.6 is 0 Å². The summed E-state index contributed by atoms with van der Waals surface area (Å²) in [7, 11) is 0. The third-order valence-corrected chi connectivity index (χ3v) is 1.87. The monoisotopic (exact) mass is 125 g/mol. The van der Waals surface area contributed by atoms with Crippen molar-refractivity contribution in [2.24, 2.45) is 5.41 Å². The van der Waals surface area contributed by atoms with Crippen LogP contribution in [0.25, 0.3) is 0 Å². The zero-order valence-electron chi connectivity index (χ0n) is 6.49. The van der Waals surface area contributed by atoms with Gasteiger partial charge in [-0.1, -0.05) is 27.4 Å². The van der Waals surface area contributed by atoms with E-state index in [0.29, 0.717) is 11.5 Å². The van der Waals surface area contributed by atoms with Crippen LogP contribution in [0.5, 0.6) is 0 Å². The third kappa shape index (κ3) is 1.26. The molecule has 1 fully saturated rings. The van der Waals surface area contributed by atoms with Crippen LogP contribution in [-0.4, -0.2) is 6.04 Å². The smallest absolute Gasteiger partial charge is 0.0360 e. The highest BCUT2D eigenvalue weighted by Crippen LogP contribution is 2.30. The molecule has 1 aliphatic heterocycles. The molecule has 9 heavy (non-hydrogen) atoms. The Balaban J connectivity index is 2.40. The molecule has 1 aliphatic rings. The molecule has 1 atom stereocenters. The van der Waals surface area contributed by atoms with Gasteiger partial charge in [-0.05, 0) is 5.41 Å². The second-order valence-electron chi connectivity index (χ2n) is 3.87. The maximum atomic E-state index is 3.81. The van der Waals surface area contributed by atoms with Crippen LogP contribution in [0.1, 0.15) is 27.2 Å². The van der Waals surface area contributed by atoms with E-state index in [9.17, 15) is 0 Å². The van der Waals surface area contributed by atoms with Crippen LogP contribution < -0.4 is 5.32 Å². The second kappa shape index (κ2) is 1.76. The average molecular weight is 125 g/mol. The summed E-state index contributed by atoms with van der Waals surface area (Å²) in [5.74, 6) is 0. The van der Waals surface area contributed by atoms with Gasteiger partial charge in [-0.25, -0.2) is 0 Å². The van der Waals surface area contributed by atoms with E-state index in [2.05, 4.69) is 32.7 Å². The van der Waals surface area contributed by atoms with Crippen molar-refractivity contribution in [2.45, 2.75) is 33.2 Å². The highest BCUT2D eigenvalue weighted by atomic mass is 15.0. The largest absolute Gasteiger partial charge is 0.385 e. The Kier molecular flexibility index (Phi) is 1.30. The Morgan fingerprint density at radius 1 is 1.56 bits per heavy atom. The molecule has 0 radical (unpaired) electrons. The van der Waals surface area contributed by atoms with E-state index in [1.54, 1.807) is 0 Å². The molecule has 0 aliphatic carbocycles. The summed E-state index contributed by atoms with van der Waals surface area (Å²) in [5, 5.41) is 3.29. The Bertz CT molecular complexity index is 122. The van der Waals surface area contributed by atoms with Crippen molar-refractivity contribution in [1.29, 1.82) is 0 Å². The van der Waals surface area contributed by atoms with Gasteiger partial charge in [0.15, 0.2) is 0 Å². The zero-order chi connectivity index (χ0) is 7.07. The lowest BCUT2D eigenvalue weighted by Gasteiger charge is -2.41. The molecule has 0 bridgehead atoms. The van der Waals surface area contributed by atoms with Gasteiger partial charge in [0, 0.05) is 18.2 Å². The van der Waals surface area contributed by atoms with E-state index < -0.39 is 0 Å². The molecule has 0 saturated carbocycles. The normalized spacial score (nSPS) is 27.0. The average Bonchev–Trinajstić information content (AvgIpc) is 1.55. The minimum Gasteiger partial charge on any atom is -0.385 e. The molecule has 0 aromatic rings. The predicted octanol–water partition coefficient (Wildman–Crippen LogP) is 1.91. The topological polar surface area (TPSA) is 12.0 Å². The van der Waals surface area contributed by atoms with Crippen LogP contribution in [0.2, 0.25) is 0 Å². The third-order valence-electron chi connectivity index (χ3n) is 1.87. The molecular weight excluding hydrogens is 110 g/mol. The lowest BCUT2D eigenvalue weighted by Crippen LogP contribution is -2.48. The standard InChI is InChI=1S/C8H15N/c1-6-5-7(9-6)8(2,3)4/h7,9H,1,5H2,2-4H3. The van der Waals surface area contributed by atoms with Gasteiger partial charge in [-0.3, -0.25) is 0 Å². The fourth-order valence-corrected chi connectivity index (χ4v) is 0.994. The minimum atomic E-state index is 0.404. The molecule has 1 rings (SSSR count). The lowest BCUT2D eigenvalue weighted by molar-refractivity contribution is 0.230. The predicted molar refractivity (Wildman–Crippen MR) is 40.1 cm³/mol. The van der Waals surface area contributed by atoms with Gasteiger partial charge in [0.1, 0.15) is 0 Å². The van der Waals surface area contributed by atoms with Crippen molar-refractivity contribution in [2.75, 3.05) is 0 Å². The van der Waals surface area contributed by atoms with Gasteiger partial charge >= 0.3 is 0 Å². The molecule has 1 heteroatoms. The van der Waals surface area contributed by atoms with E-state index in [1.165, 1.54) is 5.70 Å². The Morgan fingerprint density at radius 2 is 2.00 bits per heavy atom. The molecule has 1 saturated heterocycles. The second-order valence-corrected chi connectivity index (χ2v) is 3.87. The van der Waals surface area contributed by atoms with Gasteiger partial charge in [-0.15, -0.1) is 0 Å². The van der Waals surface area contributed by atoms with Crippen LogP contribution in [0.4, 0.5) is 0 Å². The van der Waals surface area contributed by atoms with Gasteiger partial charge in [-0.2, -0.15) is 0 Å². The van der Waals surface area contributed by atoms with Crippen molar-refractivity contribution in [3.05, 3.63) is 12.3 Å². The number of hydrogen-bond donors (Lipinski definition) is 1. The quantitative estimate of drug-likeness (QED) is 0.521. The maximum Gasteiger partial charge on any atom is 0.0360 e. The fraction of sp³-hybridized carbons (Fsp3) is 0.750. The van der Waals surface area contributed by atoms with Crippen molar-refractivity contribution in [1.82, 2.24) is 5.32 Å². The summed E-state index contributed by atoms with van der Waals surface area (Å²) in [6.07, 6.45) is 1.16. The first-order valence-corrected chi connectivity index (χ1v) is 3.44. The van der Waals surface area contributed by atoms with Crippen molar-refractivity contribution in [3.63, 3.8) is 0 Å². The van der Waals surface area contributed by atoms with E-state index in [0.717, 1.165) is 6.42 Å². The molecule has 1 N–H and O–H groups in total. The van der Waals surface area contributed by atoms with E-state index in [1.807, 2.05) is 0 Å². The molecule has 1 nitrogen and oxygen atoms in total. The van der Waals surface area contributed by atoms with Crippen molar-refractivity contribution in [3.8, 4) is 0 Å². The number of nitrogens with one attached hydrogen (secondary N) is 1. The van der Waals surface area contributed by atoms with Crippen molar-refractivity contribution >= 4 is 0 Å². The maximum absolute atomic E-state index is 3.81. The van der Waals surface area contributed by atoms with Crippen LogP contribution in [0, 0.1) is 5.41 Å². The summed E-state index contributed by atoms with van der Waals surface area (Å²) in [6.45, 7) is 10.6. The first kappa shape index (κ1) is 6.66. The first-order chi connectivity index (χ1) is 4.00. The molecule has 1 unspecified atom stereocenters. The SMILES string of the molecule is C=C1CC(C(C)(C)C)N1. The lowest BCUT2D eigenvalue weighted by atomic mass is 9.80. The van der Waals surface area contributed by atoms with Gasteiger partial charge in [0.2, 0.25) is 0 Å².